The van der Waals surface area contributed by atoms with Gasteiger partial charge in [0.05, 0.1) is 19.0 Å². The number of carbonyl (C=O) groups excluding carboxylic acids is 1. The summed E-state index contributed by atoms with van der Waals surface area (Å²) in [4.78, 5) is 18.4. The zero-order valence-corrected chi connectivity index (χ0v) is 11.4. The van der Waals surface area contributed by atoms with E-state index in [-0.39, 0.29) is 12.0 Å². The molecule has 0 amide bonds. The normalized spacial score (nSPS) is 18.4. The molecule has 3 rings (SSSR count). The van der Waals surface area contributed by atoms with Crippen LogP contribution in [0.25, 0.3) is 10.8 Å². The summed E-state index contributed by atoms with van der Waals surface area (Å²) in [6.45, 7) is 0.806. The Labute approximate surface area is 117 Å². The van der Waals surface area contributed by atoms with Gasteiger partial charge in [-0.15, -0.1) is 0 Å². The van der Waals surface area contributed by atoms with Gasteiger partial charge in [-0.3, -0.25) is 0 Å². The first kappa shape index (κ1) is 12.7. The molecule has 0 bridgehead atoms. The molecular formula is C15H17N3O2. The van der Waals surface area contributed by atoms with Crippen molar-refractivity contribution in [2.45, 2.75) is 18.9 Å². The van der Waals surface area contributed by atoms with Gasteiger partial charge < -0.3 is 15.4 Å². The van der Waals surface area contributed by atoms with Crippen LogP contribution < -0.4 is 10.6 Å². The van der Waals surface area contributed by atoms with E-state index >= 15 is 0 Å². The average Bonchev–Trinajstić information content (AvgIpc) is 2.96. The second-order valence-electron chi connectivity index (χ2n) is 4.96. The van der Waals surface area contributed by atoms with Gasteiger partial charge in [0.2, 0.25) is 0 Å². The Morgan fingerprint density at radius 2 is 2.15 bits per heavy atom. The Kier molecular flexibility index (Phi) is 3.18. The summed E-state index contributed by atoms with van der Waals surface area (Å²) in [6.07, 6.45) is 3.41. The number of rotatable bonds is 2. The first-order chi connectivity index (χ1) is 9.72. The van der Waals surface area contributed by atoms with Crippen molar-refractivity contribution in [3.8, 4) is 0 Å². The number of fused-ring (bicyclic) bond motifs is 1. The second kappa shape index (κ2) is 5.00. The molecule has 0 unspecified atom stereocenters. The predicted molar refractivity (Wildman–Crippen MR) is 78.5 cm³/mol. The highest BCUT2D eigenvalue weighted by atomic mass is 16.5. The van der Waals surface area contributed by atoms with Gasteiger partial charge in [0, 0.05) is 17.3 Å². The molecule has 0 spiro atoms. The van der Waals surface area contributed by atoms with Crippen molar-refractivity contribution < 1.29 is 9.53 Å². The number of hydrogen-bond acceptors (Lipinski definition) is 5. The molecule has 0 aliphatic carbocycles. The molecule has 2 heterocycles. The van der Waals surface area contributed by atoms with E-state index in [9.17, 15) is 4.79 Å². The standard InChI is InChI=1S/C15H17N3O2/c1-20-15(19)13-7-4-8-18(13)14-11-6-3-2-5-10(11)12(16)9-17-14/h2-3,5-6,9,13H,4,7-8,16H2,1H3/t13-/m1/s1. The highest BCUT2D eigenvalue weighted by Crippen LogP contribution is 2.32. The largest absolute Gasteiger partial charge is 0.467 e. The fraction of sp³-hybridized carbons (Fsp3) is 0.333. The van der Waals surface area contributed by atoms with Crippen molar-refractivity contribution in [3.63, 3.8) is 0 Å². The number of nitrogens with zero attached hydrogens (tertiary/aromatic N) is 2. The van der Waals surface area contributed by atoms with Crippen LogP contribution >= 0.6 is 0 Å². The third-order valence-electron chi connectivity index (χ3n) is 3.80. The Morgan fingerprint density at radius 3 is 2.90 bits per heavy atom. The summed E-state index contributed by atoms with van der Waals surface area (Å²) < 4.78 is 4.89. The van der Waals surface area contributed by atoms with E-state index in [0.29, 0.717) is 5.69 Å². The van der Waals surface area contributed by atoms with Crippen LogP contribution in [0.1, 0.15) is 12.8 Å². The maximum atomic E-state index is 11.9. The number of hydrogen-bond donors (Lipinski definition) is 1. The molecule has 0 saturated carbocycles. The number of esters is 1. The molecule has 2 aromatic rings. The molecule has 1 saturated heterocycles. The SMILES string of the molecule is COC(=O)[C@H]1CCCN1c1ncc(N)c2ccccc12. The zero-order chi connectivity index (χ0) is 14.1. The van der Waals surface area contributed by atoms with Gasteiger partial charge in [0.25, 0.3) is 0 Å². The number of benzene rings is 1. The molecule has 1 aromatic carbocycles. The van der Waals surface area contributed by atoms with Crippen molar-refractivity contribution in [3.05, 3.63) is 30.5 Å². The third-order valence-corrected chi connectivity index (χ3v) is 3.80. The van der Waals surface area contributed by atoms with E-state index in [1.807, 2.05) is 29.2 Å². The molecule has 2 N–H and O–H groups in total. The molecule has 5 nitrogen and oxygen atoms in total. The number of anilines is 2. The van der Waals surface area contributed by atoms with Crippen molar-refractivity contribution in [1.29, 1.82) is 0 Å². The lowest BCUT2D eigenvalue weighted by atomic mass is 10.1. The fourth-order valence-electron chi connectivity index (χ4n) is 2.83. The molecule has 0 radical (unpaired) electrons. The molecule has 5 heteroatoms. The highest BCUT2D eigenvalue weighted by molar-refractivity contribution is 6.00. The summed E-state index contributed by atoms with van der Waals surface area (Å²) in [5.74, 6) is 0.605. The van der Waals surface area contributed by atoms with Gasteiger partial charge in [-0.2, -0.15) is 0 Å². The molecular weight excluding hydrogens is 254 g/mol. The van der Waals surface area contributed by atoms with Gasteiger partial charge in [-0.05, 0) is 12.8 Å². The highest BCUT2D eigenvalue weighted by Gasteiger charge is 2.33. The number of pyridine rings is 1. The number of nitrogens with two attached hydrogens (primary N) is 1. The third kappa shape index (κ3) is 1.95. The van der Waals surface area contributed by atoms with Crippen LogP contribution in [-0.4, -0.2) is 30.6 Å². The fourth-order valence-corrected chi connectivity index (χ4v) is 2.83. The first-order valence-electron chi connectivity index (χ1n) is 6.70. The maximum Gasteiger partial charge on any atom is 0.328 e. The quantitative estimate of drug-likeness (QED) is 0.846. The molecule has 1 aliphatic heterocycles. The molecule has 104 valence electrons. The molecule has 20 heavy (non-hydrogen) atoms. The van der Waals surface area contributed by atoms with E-state index in [1.54, 1.807) is 6.20 Å². The number of carbonyl (C=O) groups is 1. The Bertz CT molecular complexity index is 657. The summed E-state index contributed by atoms with van der Waals surface area (Å²) in [7, 11) is 1.42. The monoisotopic (exact) mass is 271 g/mol. The Morgan fingerprint density at radius 1 is 1.40 bits per heavy atom. The lowest BCUT2D eigenvalue weighted by Crippen LogP contribution is -2.37. The Hall–Kier alpha value is -2.30. The van der Waals surface area contributed by atoms with E-state index in [2.05, 4.69) is 4.98 Å². The van der Waals surface area contributed by atoms with Crippen LogP contribution in [-0.2, 0) is 9.53 Å². The van der Waals surface area contributed by atoms with E-state index in [0.717, 1.165) is 36.0 Å². The molecule has 1 aliphatic rings. The van der Waals surface area contributed by atoms with Crippen LogP contribution in [0.15, 0.2) is 30.5 Å². The maximum absolute atomic E-state index is 11.9. The second-order valence-corrected chi connectivity index (χ2v) is 4.96. The lowest BCUT2D eigenvalue weighted by Gasteiger charge is -2.25. The zero-order valence-electron chi connectivity index (χ0n) is 11.4. The van der Waals surface area contributed by atoms with Crippen molar-refractivity contribution >= 4 is 28.2 Å². The number of nitrogen functional groups attached to an aromatic ring is 1. The van der Waals surface area contributed by atoms with Crippen LogP contribution in [0.4, 0.5) is 11.5 Å². The Balaban J connectivity index is 2.10. The summed E-state index contributed by atoms with van der Waals surface area (Å²) in [6, 6.07) is 7.61. The van der Waals surface area contributed by atoms with Gasteiger partial charge in [0.1, 0.15) is 11.9 Å². The lowest BCUT2D eigenvalue weighted by molar-refractivity contribution is -0.141. The topological polar surface area (TPSA) is 68.5 Å². The van der Waals surface area contributed by atoms with Crippen LogP contribution in [0.2, 0.25) is 0 Å². The van der Waals surface area contributed by atoms with Crippen molar-refractivity contribution in [2.24, 2.45) is 0 Å². The average molecular weight is 271 g/mol. The van der Waals surface area contributed by atoms with Crippen LogP contribution in [0, 0.1) is 0 Å². The van der Waals surface area contributed by atoms with Crippen LogP contribution in [0.5, 0.6) is 0 Å². The van der Waals surface area contributed by atoms with E-state index < -0.39 is 0 Å². The number of aromatic nitrogens is 1. The van der Waals surface area contributed by atoms with Gasteiger partial charge in [0.15, 0.2) is 0 Å². The predicted octanol–water partition coefficient (Wildman–Crippen LogP) is 1.96. The van der Waals surface area contributed by atoms with Crippen LogP contribution in [0.3, 0.4) is 0 Å². The molecule has 1 fully saturated rings. The van der Waals surface area contributed by atoms with Crippen molar-refractivity contribution in [1.82, 2.24) is 4.98 Å². The van der Waals surface area contributed by atoms with Gasteiger partial charge in [-0.25, -0.2) is 9.78 Å². The molecule has 1 aromatic heterocycles. The van der Waals surface area contributed by atoms with Gasteiger partial charge >= 0.3 is 5.97 Å². The van der Waals surface area contributed by atoms with Crippen molar-refractivity contribution in [2.75, 3.05) is 24.3 Å². The summed E-state index contributed by atoms with van der Waals surface area (Å²) in [5, 5.41) is 1.94. The smallest absolute Gasteiger partial charge is 0.328 e. The summed E-state index contributed by atoms with van der Waals surface area (Å²) in [5.41, 5.74) is 6.62. The minimum Gasteiger partial charge on any atom is -0.467 e. The molecule has 1 atom stereocenters. The first-order valence-corrected chi connectivity index (χ1v) is 6.70. The van der Waals surface area contributed by atoms with E-state index in [4.69, 9.17) is 10.5 Å². The minimum atomic E-state index is -0.250. The summed E-state index contributed by atoms with van der Waals surface area (Å²) >= 11 is 0. The number of ether oxygens (including phenoxy) is 1. The minimum absolute atomic E-state index is 0.204. The van der Waals surface area contributed by atoms with Gasteiger partial charge in [-0.1, -0.05) is 24.3 Å². The number of methoxy groups -OCH3 is 1. The van der Waals surface area contributed by atoms with E-state index in [1.165, 1.54) is 7.11 Å².